The summed E-state index contributed by atoms with van der Waals surface area (Å²) in [5.41, 5.74) is 1.33. The zero-order chi connectivity index (χ0) is 18.1. The lowest BCUT2D eigenvalue weighted by atomic mass is 10.0. The molecule has 0 fully saturated rings. The first-order valence-corrected chi connectivity index (χ1v) is 7.71. The van der Waals surface area contributed by atoms with E-state index in [0.717, 1.165) is 5.56 Å². The van der Waals surface area contributed by atoms with E-state index < -0.39 is 17.4 Å². The van der Waals surface area contributed by atoms with Gasteiger partial charge >= 0.3 is 0 Å². The van der Waals surface area contributed by atoms with Gasteiger partial charge in [0.05, 0.1) is 11.1 Å². The molecule has 0 radical (unpaired) electrons. The van der Waals surface area contributed by atoms with Crippen LogP contribution >= 0.6 is 0 Å². The maximum Gasteiger partial charge on any atom is 0.172 e. The summed E-state index contributed by atoms with van der Waals surface area (Å²) in [6.07, 6.45) is 1.64. The summed E-state index contributed by atoms with van der Waals surface area (Å²) in [7, 11) is 0. The van der Waals surface area contributed by atoms with Gasteiger partial charge in [-0.1, -0.05) is 12.1 Å². The van der Waals surface area contributed by atoms with Crippen LogP contribution in [0.15, 0.2) is 44.8 Å². The summed E-state index contributed by atoms with van der Waals surface area (Å²) in [5, 5.41) is 20.1. The molecule has 3 rings (SSSR count). The number of benzene rings is 1. The quantitative estimate of drug-likeness (QED) is 0.850. The van der Waals surface area contributed by atoms with Gasteiger partial charge in [0.1, 0.15) is 11.8 Å². The fourth-order valence-corrected chi connectivity index (χ4v) is 2.86. The van der Waals surface area contributed by atoms with Crippen molar-refractivity contribution in [2.24, 2.45) is 4.99 Å². The second-order valence-electron chi connectivity index (χ2n) is 5.75. The van der Waals surface area contributed by atoms with Crippen LogP contribution in [0, 0.1) is 11.3 Å². The molecule has 1 aromatic heterocycles. The minimum absolute atomic E-state index is 0.0710. The third-order valence-corrected chi connectivity index (χ3v) is 4.16. The van der Waals surface area contributed by atoms with Crippen molar-refractivity contribution in [1.29, 1.82) is 5.26 Å². The van der Waals surface area contributed by atoms with Gasteiger partial charge in [-0.05, 0) is 26.3 Å². The summed E-state index contributed by atoms with van der Waals surface area (Å²) in [6.45, 7) is 3.03. The molecule has 1 aromatic carbocycles. The number of carbonyl (C=O) groups excluding carboxylic acids is 1. The number of nitrogens with zero attached hydrogens (tertiary/aromatic N) is 2. The summed E-state index contributed by atoms with van der Waals surface area (Å²) >= 11 is 0. The molecule has 0 saturated carbocycles. The Labute approximate surface area is 143 Å². The number of aliphatic imine (C=N–C) groups is 1. The van der Waals surface area contributed by atoms with Crippen LogP contribution in [0.5, 0.6) is 0 Å². The van der Waals surface area contributed by atoms with Gasteiger partial charge in [-0.15, -0.1) is 0 Å². The Morgan fingerprint density at radius 2 is 2.20 bits per heavy atom. The SMILES string of the molecule is CC(=O)/C1=C(O)/C(F)=C(\C)c2oc3c(C#N)cccc3c2CCN=C1. The zero-order valence-electron chi connectivity index (χ0n) is 13.8. The van der Waals surface area contributed by atoms with Gasteiger partial charge in [-0.25, -0.2) is 4.39 Å². The van der Waals surface area contributed by atoms with Crippen LogP contribution < -0.4 is 0 Å². The number of ketones is 1. The minimum Gasteiger partial charge on any atom is -0.504 e. The Hall–Kier alpha value is -3.20. The normalized spacial score (nSPS) is 21.0. The van der Waals surface area contributed by atoms with Crippen LogP contribution in [0.4, 0.5) is 4.39 Å². The molecule has 0 saturated heterocycles. The topological polar surface area (TPSA) is 86.6 Å². The molecule has 0 unspecified atom stereocenters. The van der Waals surface area contributed by atoms with E-state index in [4.69, 9.17) is 4.42 Å². The molecule has 0 spiro atoms. The third-order valence-electron chi connectivity index (χ3n) is 4.16. The number of aliphatic hydroxyl groups excluding tert-OH is 1. The first-order chi connectivity index (χ1) is 12.0. The molecular formula is C19H15FN2O3. The molecule has 0 bridgehead atoms. The van der Waals surface area contributed by atoms with Gasteiger partial charge in [0.25, 0.3) is 0 Å². The van der Waals surface area contributed by atoms with Crippen molar-refractivity contribution in [2.75, 3.05) is 6.54 Å². The van der Waals surface area contributed by atoms with Crippen LogP contribution in [0.25, 0.3) is 16.5 Å². The lowest BCUT2D eigenvalue weighted by molar-refractivity contribution is -0.113. The lowest BCUT2D eigenvalue weighted by Crippen LogP contribution is -2.07. The number of fused-ring (bicyclic) bond motifs is 3. The Morgan fingerprint density at radius 1 is 1.44 bits per heavy atom. The molecular weight excluding hydrogens is 323 g/mol. The number of allylic oxidation sites excluding steroid dienone is 3. The monoisotopic (exact) mass is 338 g/mol. The van der Waals surface area contributed by atoms with Gasteiger partial charge in [0, 0.05) is 29.3 Å². The first kappa shape index (κ1) is 16.7. The highest BCUT2D eigenvalue weighted by Crippen LogP contribution is 2.36. The van der Waals surface area contributed by atoms with E-state index in [9.17, 15) is 19.6 Å². The smallest absolute Gasteiger partial charge is 0.172 e. The second kappa shape index (κ2) is 6.36. The van der Waals surface area contributed by atoms with Gasteiger partial charge in [-0.2, -0.15) is 5.26 Å². The van der Waals surface area contributed by atoms with E-state index >= 15 is 0 Å². The van der Waals surface area contributed by atoms with Crippen molar-refractivity contribution in [3.8, 4) is 6.07 Å². The highest BCUT2D eigenvalue weighted by molar-refractivity contribution is 6.13. The first-order valence-electron chi connectivity index (χ1n) is 7.71. The van der Waals surface area contributed by atoms with E-state index in [1.807, 2.05) is 0 Å². The predicted octanol–water partition coefficient (Wildman–Crippen LogP) is 4.03. The Bertz CT molecular complexity index is 1020. The van der Waals surface area contributed by atoms with E-state index in [0.29, 0.717) is 29.5 Å². The van der Waals surface area contributed by atoms with E-state index in [1.165, 1.54) is 20.1 Å². The Balaban J connectivity index is 2.35. The summed E-state index contributed by atoms with van der Waals surface area (Å²) < 4.78 is 20.5. The third kappa shape index (κ3) is 2.74. The summed E-state index contributed by atoms with van der Waals surface area (Å²) in [5.74, 6) is -1.94. The van der Waals surface area contributed by atoms with E-state index in [-0.39, 0.29) is 16.9 Å². The number of rotatable bonds is 1. The molecule has 6 heteroatoms. The van der Waals surface area contributed by atoms with E-state index in [2.05, 4.69) is 11.1 Å². The average Bonchev–Trinajstić information content (AvgIpc) is 2.97. The number of carbonyl (C=O) groups is 1. The van der Waals surface area contributed by atoms with Crippen molar-refractivity contribution in [3.63, 3.8) is 0 Å². The molecule has 0 amide bonds. The molecule has 0 aliphatic carbocycles. The zero-order valence-corrected chi connectivity index (χ0v) is 13.8. The molecule has 25 heavy (non-hydrogen) atoms. The van der Waals surface area contributed by atoms with Crippen molar-refractivity contribution < 1.29 is 18.7 Å². The Morgan fingerprint density at radius 3 is 2.88 bits per heavy atom. The Kier molecular flexibility index (Phi) is 4.24. The largest absolute Gasteiger partial charge is 0.504 e. The van der Waals surface area contributed by atoms with Crippen LogP contribution in [-0.2, 0) is 11.2 Å². The molecule has 1 aliphatic rings. The molecule has 1 aliphatic heterocycles. The number of aliphatic hydroxyl groups is 1. The maximum absolute atomic E-state index is 14.8. The maximum atomic E-state index is 14.8. The van der Waals surface area contributed by atoms with Gasteiger partial charge < -0.3 is 9.52 Å². The van der Waals surface area contributed by atoms with Gasteiger partial charge in [0.15, 0.2) is 23.0 Å². The fraction of sp³-hybridized carbons (Fsp3) is 0.211. The molecule has 1 N–H and O–H groups in total. The predicted molar refractivity (Wildman–Crippen MR) is 92.0 cm³/mol. The van der Waals surface area contributed by atoms with Crippen LogP contribution in [0.3, 0.4) is 0 Å². The van der Waals surface area contributed by atoms with Crippen LogP contribution in [0.1, 0.15) is 30.7 Å². The summed E-state index contributed by atoms with van der Waals surface area (Å²) in [4.78, 5) is 15.8. The van der Waals surface area contributed by atoms with Crippen molar-refractivity contribution in [3.05, 3.63) is 52.2 Å². The number of para-hydroxylation sites is 1. The van der Waals surface area contributed by atoms with Gasteiger partial charge in [-0.3, -0.25) is 9.79 Å². The number of furan rings is 1. The number of halogens is 1. The van der Waals surface area contributed by atoms with Crippen LogP contribution in [0.2, 0.25) is 0 Å². The summed E-state index contributed by atoms with van der Waals surface area (Å²) in [6, 6.07) is 7.21. The van der Waals surface area contributed by atoms with Gasteiger partial charge in [0.2, 0.25) is 0 Å². The lowest BCUT2D eigenvalue weighted by Gasteiger charge is -2.08. The molecule has 2 heterocycles. The number of Topliss-reactive ketones (excluding diaryl/α,β-unsaturated/α-hetero) is 1. The number of nitriles is 1. The average molecular weight is 338 g/mol. The van der Waals surface area contributed by atoms with Crippen molar-refractivity contribution in [1.82, 2.24) is 0 Å². The molecule has 126 valence electrons. The molecule has 0 atom stereocenters. The van der Waals surface area contributed by atoms with Crippen molar-refractivity contribution >= 4 is 28.5 Å². The van der Waals surface area contributed by atoms with Crippen LogP contribution in [-0.4, -0.2) is 23.6 Å². The minimum atomic E-state index is -0.947. The number of hydrogen-bond donors (Lipinski definition) is 1. The fourth-order valence-electron chi connectivity index (χ4n) is 2.86. The molecule has 5 nitrogen and oxygen atoms in total. The van der Waals surface area contributed by atoms with Crippen molar-refractivity contribution in [2.45, 2.75) is 20.3 Å². The van der Waals surface area contributed by atoms with E-state index in [1.54, 1.807) is 18.2 Å². The number of hydrogen-bond acceptors (Lipinski definition) is 5. The highest BCUT2D eigenvalue weighted by atomic mass is 19.1. The second-order valence-corrected chi connectivity index (χ2v) is 5.75. The standard InChI is InChI=1S/C19H15FN2O3/c1-10-16(20)17(24)15(11(2)23)9-22-7-6-14-13-5-3-4-12(8-21)19(13)25-18(10)14/h3-5,9,24H,6-7H2,1-2H3/b16-10-,17-15-,22-9?. The molecule has 2 aromatic rings. The highest BCUT2D eigenvalue weighted by Gasteiger charge is 2.23.